The van der Waals surface area contributed by atoms with Crippen molar-refractivity contribution in [2.75, 3.05) is 39.3 Å². The van der Waals surface area contributed by atoms with E-state index in [4.69, 9.17) is 4.74 Å². The van der Waals surface area contributed by atoms with Gasteiger partial charge in [-0.15, -0.1) is 11.3 Å². The zero-order valence-corrected chi connectivity index (χ0v) is 18.1. The third-order valence-electron chi connectivity index (χ3n) is 6.96. The van der Waals surface area contributed by atoms with Crippen LogP contribution in [0.4, 0.5) is 0 Å². The lowest BCUT2D eigenvalue weighted by molar-refractivity contribution is 0.000910. The van der Waals surface area contributed by atoms with Crippen molar-refractivity contribution in [3.8, 4) is 0 Å². The molecule has 3 fully saturated rings. The van der Waals surface area contributed by atoms with Crippen LogP contribution in [-0.4, -0.2) is 77.3 Å². The summed E-state index contributed by atoms with van der Waals surface area (Å²) in [5, 5.41) is 11.1. The number of nitrogens with zero attached hydrogens (tertiary/aromatic N) is 3. The molecule has 6 nitrogen and oxygen atoms in total. The monoisotopic (exact) mass is 407 g/mol. The number of likely N-dealkylation sites (tertiary alicyclic amines) is 2. The number of carbonyl (C=O) groups is 1. The Morgan fingerprint density at radius 3 is 2.71 bits per heavy atom. The normalized spacial score (nSPS) is 30.9. The van der Waals surface area contributed by atoms with Crippen LogP contribution in [0.15, 0.2) is 0 Å². The van der Waals surface area contributed by atoms with Gasteiger partial charge in [0.15, 0.2) is 0 Å². The number of amides is 1. The zero-order chi connectivity index (χ0) is 19.9. The van der Waals surface area contributed by atoms with Gasteiger partial charge < -0.3 is 14.7 Å². The van der Waals surface area contributed by atoms with E-state index in [-0.39, 0.29) is 23.5 Å². The summed E-state index contributed by atoms with van der Waals surface area (Å²) in [7, 11) is 0. The maximum atomic E-state index is 12.9. The SMILES string of the molecule is Cc1nc(C)c(C(=O)N2CCC3(CC2)COC(CN2CC[C@@H](C)[C@H](O)C2)C3)s1. The van der Waals surface area contributed by atoms with Crippen molar-refractivity contribution in [2.45, 2.75) is 58.7 Å². The average molecular weight is 408 g/mol. The fourth-order valence-corrected chi connectivity index (χ4v) is 5.87. The van der Waals surface area contributed by atoms with E-state index in [1.54, 1.807) is 0 Å². The minimum Gasteiger partial charge on any atom is -0.392 e. The van der Waals surface area contributed by atoms with Crippen LogP contribution in [0.5, 0.6) is 0 Å². The van der Waals surface area contributed by atoms with E-state index in [0.717, 1.165) is 80.6 Å². The second-order valence-electron chi connectivity index (χ2n) is 9.17. The van der Waals surface area contributed by atoms with Crippen LogP contribution in [0.3, 0.4) is 0 Å². The number of rotatable bonds is 3. The van der Waals surface area contributed by atoms with Crippen molar-refractivity contribution in [2.24, 2.45) is 11.3 Å². The number of piperidine rings is 2. The molecule has 4 heterocycles. The molecule has 1 N–H and O–H groups in total. The predicted octanol–water partition coefficient (Wildman–Crippen LogP) is 2.47. The fraction of sp³-hybridized carbons (Fsp3) is 0.810. The number of β-amino-alcohol motifs (C(OH)–C–C–N with tert-alkyl or cyclic N) is 1. The number of thiazole rings is 1. The number of aryl methyl sites for hydroxylation is 2. The first kappa shape index (κ1) is 20.3. The molecule has 3 atom stereocenters. The number of aromatic nitrogens is 1. The number of carbonyl (C=O) groups excluding carboxylic acids is 1. The average Bonchev–Trinajstić information content (AvgIpc) is 3.21. The van der Waals surface area contributed by atoms with Crippen LogP contribution >= 0.6 is 11.3 Å². The molecule has 1 aromatic rings. The van der Waals surface area contributed by atoms with E-state index in [2.05, 4.69) is 16.8 Å². The topological polar surface area (TPSA) is 65.9 Å². The summed E-state index contributed by atoms with van der Waals surface area (Å²) in [5.41, 5.74) is 1.08. The Morgan fingerprint density at radius 2 is 2.07 bits per heavy atom. The van der Waals surface area contributed by atoms with Crippen LogP contribution in [-0.2, 0) is 4.74 Å². The molecule has 0 bridgehead atoms. The highest BCUT2D eigenvalue weighted by Crippen LogP contribution is 2.42. The smallest absolute Gasteiger partial charge is 0.265 e. The van der Waals surface area contributed by atoms with Crippen molar-refractivity contribution < 1.29 is 14.6 Å². The Bertz CT molecular complexity index is 714. The Balaban J connectivity index is 1.29. The van der Waals surface area contributed by atoms with Crippen LogP contribution in [0.1, 0.15) is 53.0 Å². The largest absolute Gasteiger partial charge is 0.392 e. The van der Waals surface area contributed by atoms with E-state index in [1.807, 2.05) is 18.7 Å². The van der Waals surface area contributed by atoms with E-state index >= 15 is 0 Å². The number of hydrogen-bond donors (Lipinski definition) is 1. The molecule has 3 aliphatic rings. The summed E-state index contributed by atoms with van der Waals surface area (Å²) in [5.74, 6) is 0.546. The molecule has 0 radical (unpaired) electrons. The highest BCUT2D eigenvalue weighted by molar-refractivity contribution is 7.13. The van der Waals surface area contributed by atoms with Crippen molar-refractivity contribution in [1.82, 2.24) is 14.8 Å². The summed E-state index contributed by atoms with van der Waals surface area (Å²) >= 11 is 1.51. The molecule has 0 aromatic carbocycles. The van der Waals surface area contributed by atoms with Crippen LogP contribution in [0, 0.1) is 25.2 Å². The van der Waals surface area contributed by atoms with Crippen molar-refractivity contribution in [3.63, 3.8) is 0 Å². The van der Waals surface area contributed by atoms with Crippen LogP contribution in [0.25, 0.3) is 0 Å². The van der Waals surface area contributed by atoms with Crippen molar-refractivity contribution in [3.05, 3.63) is 15.6 Å². The van der Waals surface area contributed by atoms with Crippen molar-refractivity contribution in [1.29, 1.82) is 0 Å². The summed E-state index contributed by atoms with van der Waals surface area (Å²) in [6.45, 7) is 11.2. The second kappa shape index (κ2) is 8.01. The van der Waals surface area contributed by atoms with Gasteiger partial charge in [0.25, 0.3) is 5.91 Å². The molecule has 3 saturated heterocycles. The van der Waals surface area contributed by atoms with Gasteiger partial charge in [0.2, 0.25) is 0 Å². The molecule has 1 amide bonds. The van der Waals surface area contributed by atoms with E-state index in [9.17, 15) is 9.90 Å². The number of aliphatic hydroxyl groups is 1. The predicted molar refractivity (Wildman–Crippen MR) is 110 cm³/mol. The van der Waals surface area contributed by atoms with Gasteiger partial charge in [-0.25, -0.2) is 4.98 Å². The highest BCUT2D eigenvalue weighted by Gasteiger charge is 2.44. The second-order valence-corrected chi connectivity index (χ2v) is 10.4. The minimum atomic E-state index is -0.211. The third-order valence-corrected chi connectivity index (χ3v) is 8.02. The summed E-state index contributed by atoms with van der Waals surface area (Å²) in [6, 6.07) is 0. The molecule has 1 aromatic heterocycles. The fourth-order valence-electron chi connectivity index (χ4n) is 4.99. The molecule has 28 heavy (non-hydrogen) atoms. The summed E-state index contributed by atoms with van der Waals surface area (Å²) in [6.07, 6.45) is 4.23. The van der Waals surface area contributed by atoms with Gasteiger partial charge in [0, 0.05) is 26.2 Å². The Hall–Kier alpha value is -1.02. The van der Waals surface area contributed by atoms with Gasteiger partial charge in [-0.1, -0.05) is 6.92 Å². The third kappa shape index (κ3) is 4.13. The maximum Gasteiger partial charge on any atom is 0.265 e. The molecule has 0 saturated carbocycles. The Kier molecular flexibility index (Phi) is 5.80. The first-order valence-electron chi connectivity index (χ1n) is 10.6. The summed E-state index contributed by atoms with van der Waals surface area (Å²) in [4.78, 5) is 22.4. The lowest BCUT2D eigenvalue weighted by atomic mass is 9.76. The van der Waals surface area contributed by atoms with Crippen molar-refractivity contribution >= 4 is 17.2 Å². The van der Waals surface area contributed by atoms with E-state index < -0.39 is 0 Å². The lowest BCUT2D eigenvalue weighted by Crippen LogP contribution is -2.46. The first-order valence-corrected chi connectivity index (χ1v) is 11.4. The number of aliphatic hydroxyl groups excluding tert-OH is 1. The van der Waals surface area contributed by atoms with Gasteiger partial charge in [-0.05, 0) is 57.4 Å². The maximum absolute atomic E-state index is 12.9. The van der Waals surface area contributed by atoms with Gasteiger partial charge in [-0.3, -0.25) is 9.69 Å². The van der Waals surface area contributed by atoms with Gasteiger partial charge in [-0.2, -0.15) is 0 Å². The van der Waals surface area contributed by atoms with E-state index in [0.29, 0.717) is 5.92 Å². The Morgan fingerprint density at radius 1 is 1.32 bits per heavy atom. The molecule has 1 unspecified atom stereocenters. The molecular weight excluding hydrogens is 374 g/mol. The molecule has 7 heteroatoms. The standard InChI is InChI=1S/C21H33N3O3S/c1-14-4-7-23(12-18(14)25)11-17-10-21(13-27-17)5-8-24(9-6-21)20(26)19-15(2)22-16(3)28-19/h14,17-18,25H,4-13H2,1-3H3/t14-,17?,18-/m1/s1. The highest BCUT2D eigenvalue weighted by atomic mass is 32.1. The molecule has 1 spiro atoms. The molecule has 4 rings (SSSR count). The minimum absolute atomic E-state index is 0.143. The zero-order valence-electron chi connectivity index (χ0n) is 17.3. The lowest BCUT2D eigenvalue weighted by Gasteiger charge is -2.39. The first-order chi connectivity index (χ1) is 13.3. The van der Waals surface area contributed by atoms with Crippen LogP contribution in [0.2, 0.25) is 0 Å². The summed E-state index contributed by atoms with van der Waals surface area (Å²) < 4.78 is 6.18. The van der Waals surface area contributed by atoms with Crippen LogP contribution < -0.4 is 0 Å². The van der Waals surface area contributed by atoms with Gasteiger partial charge in [0.1, 0.15) is 4.88 Å². The van der Waals surface area contributed by atoms with Gasteiger partial charge in [0.05, 0.1) is 29.5 Å². The molecular formula is C21H33N3O3S. The van der Waals surface area contributed by atoms with Gasteiger partial charge >= 0.3 is 0 Å². The molecule has 3 aliphatic heterocycles. The molecule has 156 valence electrons. The number of hydrogen-bond acceptors (Lipinski definition) is 6. The van der Waals surface area contributed by atoms with E-state index in [1.165, 1.54) is 11.3 Å². The molecule has 0 aliphatic carbocycles. The Labute approximate surface area is 171 Å². The number of ether oxygens (including phenoxy) is 1. The quantitative estimate of drug-likeness (QED) is 0.834.